The molecule has 1 aromatic carbocycles. The summed E-state index contributed by atoms with van der Waals surface area (Å²) in [4.78, 5) is 2.00. The Bertz CT molecular complexity index is 329. The van der Waals surface area contributed by atoms with E-state index in [-0.39, 0.29) is 5.56 Å². The molecule has 0 amide bonds. The second-order valence-corrected chi connectivity index (χ2v) is 3.12. The smallest absolute Gasteiger partial charge is 0.166 e. The Kier molecular flexibility index (Phi) is 5.27. The first-order valence-corrected chi connectivity index (χ1v) is 3.97. The van der Waals surface area contributed by atoms with Crippen molar-refractivity contribution in [2.24, 2.45) is 0 Å². The summed E-state index contributed by atoms with van der Waals surface area (Å²) >= 11 is 0. The Balaban J connectivity index is 0.000000364. The maximum Gasteiger partial charge on any atom is 0.166 e. The average molecular weight is 196 g/mol. The third-order valence-electron chi connectivity index (χ3n) is 1.08. The van der Waals surface area contributed by atoms with Crippen LogP contribution >= 0.6 is 0 Å². The van der Waals surface area contributed by atoms with Gasteiger partial charge in [-0.05, 0) is 39.3 Å². The van der Waals surface area contributed by atoms with Crippen LogP contribution in [0.2, 0.25) is 0 Å². The molecule has 0 atom stereocenters. The van der Waals surface area contributed by atoms with Gasteiger partial charge in [-0.2, -0.15) is 5.26 Å². The first-order valence-electron chi connectivity index (χ1n) is 3.97. The lowest BCUT2D eigenvalue weighted by atomic mass is 10.2. The van der Waals surface area contributed by atoms with E-state index in [1.807, 2.05) is 26.0 Å². The fraction of sp³-hybridized carbons (Fsp3) is 0.300. The van der Waals surface area contributed by atoms with Crippen molar-refractivity contribution in [1.82, 2.24) is 4.90 Å². The quantitative estimate of drug-likeness (QED) is 0.685. The SMILES string of the molecule is CN(C)C.N#Cc1ccc(O)c(F)c1. The summed E-state index contributed by atoms with van der Waals surface area (Å²) in [5, 5.41) is 16.9. The molecule has 0 aliphatic carbocycles. The minimum absolute atomic E-state index is 0.204. The van der Waals surface area contributed by atoms with Gasteiger partial charge in [-0.25, -0.2) is 4.39 Å². The number of nitrogens with zero attached hydrogens (tertiary/aromatic N) is 2. The predicted molar refractivity (Wildman–Crippen MR) is 52.4 cm³/mol. The maximum absolute atomic E-state index is 12.4. The Morgan fingerprint density at radius 3 is 2.21 bits per heavy atom. The summed E-state index contributed by atoms with van der Waals surface area (Å²) in [5.41, 5.74) is 0.204. The van der Waals surface area contributed by atoms with E-state index in [0.29, 0.717) is 0 Å². The summed E-state index contributed by atoms with van der Waals surface area (Å²) in [5.74, 6) is -1.20. The van der Waals surface area contributed by atoms with Gasteiger partial charge in [0.25, 0.3) is 0 Å². The lowest BCUT2D eigenvalue weighted by molar-refractivity contribution is 0.432. The van der Waals surface area contributed by atoms with Gasteiger partial charge in [0.1, 0.15) is 0 Å². The molecule has 0 saturated carbocycles. The molecule has 0 radical (unpaired) electrons. The molecule has 0 spiro atoms. The lowest BCUT2D eigenvalue weighted by Gasteiger charge is -1.92. The molecule has 1 rings (SSSR count). The Morgan fingerprint density at radius 1 is 1.36 bits per heavy atom. The number of aromatic hydroxyl groups is 1. The fourth-order valence-corrected chi connectivity index (χ4v) is 0.576. The molecule has 0 saturated heterocycles. The molecule has 1 N–H and O–H groups in total. The van der Waals surface area contributed by atoms with E-state index in [9.17, 15) is 4.39 Å². The zero-order valence-electron chi connectivity index (χ0n) is 8.45. The van der Waals surface area contributed by atoms with E-state index in [0.717, 1.165) is 12.1 Å². The van der Waals surface area contributed by atoms with E-state index in [2.05, 4.69) is 0 Å². The number of rotatable bonds is 0. The number of phenols is 1. The van der Waals surface area contributed by atoms with E-state index < -0.39 is 11.6 Å². The lowest BCUT2D eigenvalue weighted by Crippen LogP contribution is -1.99. The second kappa shape index (κ2) is 5.95. The van der Waals surface area contributed by atoms with Crippen molar-refractivity contribution >= 4 is 0 Å². The van der Waals surface area contributed by atoms with Crippen LogP contribution in [0.1, 0.15) is 5.56 Å². The van der Waals surface area contributed by atoms with Gasteiger partial charge in [-0.1, -0.05) is 0 Å². The number of hydrogen-bond donors (Lipinski definition) is 1. The van der Waals surface area contributed by atoms with Crippen LogP contribution in [0, 0.1) is 17.1 Å². The number of nitriles is 1. The number of benzene rings is 1. The molecule has 14 heavy (non-hydrogen) atoms. The molecule has 0 aromatic heterocycles. The summed E-state index contributed by atoms with van der Waals surface area (Å²) in [6.07, 6.45) is 0. The topological polar surface area (TPSA) is 47.3 Å². The van der Waals surface area contributed by atoms with Crippen LogP contribution in [0.15, 0.2) is 18.2 Å². The first kappa shape index (κ1) is 12.4. The van der Waals surface area contributed by atoms with Gasteiger partial charge < -0.3 is 10.0 Å². The van der Waals surface area contributed by atoms with Crippen LogP contribution < -0.4 is 0 Å². The van der Waals surface area contributed by atoms with Gasteiger partial charge in [-0.15, -0.1) is 0 Å². The molecule has 0 fully saturated rings. The Hall–Kier alpha value is -1.60. The van der Waals surface area contributed by atoms with Gasteiger partial charge in [0, 0.05) is 0 Å². The molecular weight excluding hydrogens is 183 g/mol. The van der Waals surface area contributed by atoms with Gasteiger partial charge in [0.2, 0.25) is 0 Å². The second-order valence-electron chi connectivity index (χ2n) is 3.12. The van der Waals surface area contributed by atoms with Crippen LogP contribution in [-0.4, -0.2) is 31.1 Å². The highest BCUT2D eigenvalue weighted by molar-refractivity contribution is 5.34. The van der Waals surface area contributed by atoms with Crippen LogP contribution in [-0.2, 0) is 0 Å². The van der Waals surface area contributed by atoms with Gasteiger partial charge in [-0.3, -0.25) is 0 Å². The number of phenolic OH excluding ortho intramolecular Hbond substituents is 1. The van der Waals surface area contributed by atoms with Crippen molar-refractivity contribution < 1.29 is 9.50 Å². The minimum atomic E-state index is -0.765. The summed E-state index contributed by atoms with van der Waals surface area (Å²) < 4.78 is 12.4. The molecule has 3 nitrogen and oxygen atoms in total. The van der Waals surface area contributed by atoms with E-state index in [1.165, 1.54) is 6.07 Å². The van der Waals surface area contributed by atoms with E-state index in [4.69, 9.17) is 10.4 Å². The predicted octanol–water partition coefficient (Wildman–Crippen LogP) is 1.58. The highest BCUT2D eigenvalue weighted by atomic mass is 19.1. The normalized spacial score (nSPS) is 8.86. The van der Waals surface area contributed by atoms with Crippen molar-refractivity contribution in [3.8, 4) is 11.8 Å². The third kappa shape index (κ3) is 5.12. The fourth-order valence-electron chi connectivity index (χ4n) is 0.576. The van der Waals surface area contributed by atoms with Crippen molar-refractivity contribution in [3.05, 3.63) is 29.6 Å². The zero-order chi connectivity index (χ0) is 11.1. The van der Waals surface area contributed by atoms with Gasteiger partial charge in [0.05, 0.1) is 11.6 Å². The van der Waals surface area contributed by atoms with Crippen molar-refractivity contribution in [3.63, 3.8) is 0 Å². The Morgan fingerprint density at radius 2 is 1.86 bits per heavy atom. The van der Waals surface area contributed by atoms with Gasteiger partial charge >= 0.3 is 0 Å². The van der Waals surface area contributed by atoms with Crippen molar-refractivity contribution in [1.29, 1.82) is 5.26 Å². The highest BCUT2D eigenvalue weighted by Gasteiger charge is 1.98. The van der Waals surface area contributed by atoms with E-state index in [1.54, 1.807) is 6.07 Å². The molecule has 76 valence electrons. The van der Waals surface area contributed by atoms with Crippen LogP contribution in [0.3, 0.4) is 0 Å². The Labute approximate surface area is 83.0 Å². The molecule has 0 aliphatic rings. The molecule has 4 heteroatoms. The van der Waals surface area contributed by atoms with Crippen LogP contribution in [0.4, 0.5) is 4.39 Å². The van der Waals surface area contributed by atoms with E-state index >= 15 is 0 Å². The van der Waals surface area contributed by atoms with Crippen molar-refractivity contribution in [2.75, 3.05) is 21.1 Å². The maximum atomic E-state index is 12.4. The standard InChI is InChI=1S/C7H4FNO.C3H9N/c8-6-3-5(4-9)1-2-7(6)10;1-4(2)3/h1-3,10H;1-3H3. The molecular formula is C10H13FN2O. The van der Waals surface area contributed by atoms with Crippen LogP contribution in [0.5, 0.6) is 5.75 Å². The molecule has 0 bridgehead atoms. The van der Waals surface area contributed by atoms with Crippen LogP contribution in [0.25, 0.3) is 0 Å². The molecule has 0 unspecified atom stereocenters. The molecule has 1 aromatic rings. The first-order chi connectivity index (χ1) is 6.47. The monoisotopic (exact) mass is 196 g/mol. The van der Waals surface area contributed by atoms with Gasteiger partial charge in [0.15, 0.2) is 11.6 Å². The average Bonchev–Trinajstić information content (AvgIpc) is 2.09. The molecule has 0 heterocycles. The minimum Gasteiger partial charge on any atom is -0.505 e. The van der Waals surface area contributed by atoms with Crippen molar-refractivity contribution in [2.45, 2.75) is 0 Å². The zero-order valence-corrected chi connectivity index (χ0v) is 8.45. The summed E-state index contributed by atoms with van der Waals surface area (Å²) in [6.45, 7) is 0. The largest absolute Gasteiger partial charge is 0.505 e. The number of halogens is 1. The third-order valence-corrected chi connectivity index (χ3v) is 1.08. The summed E-state index contributed by atoms with van der Waals surface area (Å²) in [6, 6.07) is 5.22. The highest BCUT2D eigenvalue weighted by Crippen LogP contribution is 2.14. The molecule has 0 aliphatic heterocycles. The number of hydrogen-bond acceptors (Lipinski definition) is 3. The summed E-state index contributed by atoms with van der Waals surface area (Å²) in [7, 11) is 6.00.